The van der Waals surface area contributed by atoms with E-state index in [0.717, 1.165) is 17.3 Å². The maximum atomic E-state index is 13.2. The molecule has 0 radical (unpaired) electrons. The lowest BCUT2D eigenvalue weighted by Gasteiger charge is -2.45. The van der Waals surface area contributed by atoms with Crippen molar-refractivity contribution in [3.05, 3.63) is 71.1 Å². The number of benzene rings is 2. The van der Waals surface area contributed by atoms with Crippen molar-refractivity contribution < 1.29 is 33.4 Å². The van der Waals surface area contributed by atoms with Gasteiger partial charge in [0.2, 0.25) is 0 Å². The summed E-state index contributed by atoms with van der Waals surface area (Å²) in [7, 11) is 0. The summed E-state index contributed by atoms with van der Waals surface area (Å²) in [6.07, 6.45) is 0. The standard InChI is InChI=1S/C25H25N3O8S/c1-16(29)36-15-25(2)21(24(32)35-13-17-9-5-3-6-10-17)27-22(31)20(23(27)37-25)28(26-33)19(30)14-34-18-11-7-4-8-12-18/h3-12,20-21,23H,13-15H2,1-2H3. The third-order valence-corrected chi connectivity index (χ3v) is 7.63. The molecule has 2 aromatic carbocycles. The molecule has 2 saturated heterocycles. The summed E-state index contributed by atoms with van der Waals surface area (Å²) >= 11 is 1.14. The van der Waals surface area contributed by atoms with Crippen LogP contribution in [0.1, 0.15) is 19.4 Å². The highest BCUT2D eigenvalue weighted by atomic mass is 32.2. The van der Waals surface area contributed by atoms with Crippen molar-refractivity contribution in [2.75, 3.05) is 13.2 Å². The van der Waals surface area contributed by atoms with Crippen molar-refractivity contribution >= 4 is 35.5 Å². The minimum Gasteiger partial charge on any atom is -0.484 e. The Morgan fingerprint density at radius 3 is 2.32 bits per heavy atom. The summed E-state index contributed by atoms with van der Waals surface area (Å²) in [5, 5.41) is 2.56. The zero-order chi connectivity index (χ0) is 26.6. The summed E-state index contributed by atoms with van der Waals surface area (Å²) in [6, 6.07) is 15.2. The second kappa shape index (κ2) is 11.0. The van der Waals surface area contributed by atoms with E-state index < -0.39 is 52.6 Å². The molecule has 2 aliphatic heterocycles. The van der Waals surface area contributed by atoms with Gasteiger partial charge in [-0.25, -0.2) is 4.79 Å². The Morgan fingerprint density at radius 2 is 1.70 bits per heavy atom. The first-order chi connectivity index (χ1) is 17.7. The molecule has 0 aliphatic carbocycles. The summed E-state index contributed by atoms with van der Waals surface area (Å²) in [4.78, 5) is 63.5. The molecule has 2 aliphatic rings. The van der Waals surface area contributed by atoms with Gasteiger partial charge in [-0.05, 0) is 24.6 Å². The smallest absolute Gasteiger partial charge is 0.330 e. The van der Waals surface area contributed by atoms with Crippen LogP contribution >= 0.6 is 11.8 Å². The molecule has 2 heterocycles. The number of esters is 2. The number of hydrogen-bond donors (Lipinski definition) is 0. The van der Waals surface area contributed by atoms with Gasteiger partial charge >= 0.3 is 11.9 Å². The molecule has 0 N–H and O–H groups in total. The van der Waals surface area contributed by atoms with Gasteiger partial charge in [0.15, 0.2) is 12.6 Å². The molecular weight excluding hydrogens is 502 g/mol. The Bertz CT molecular complexity index is 1180. The number of carbonyl (C=O) groups is 4. The largest absolute Gasteiger partial charge is 0.484 e. The van der Waals surface area contributed by atoms with Gasteiger partial charge in [0.05, 0.1) is 10.0 Å². The third kappa shape index (κ3) is 5.43. The van der Waals surface area contributed by atoms with Crippen LogP contribution in [0.2, 0.25) is 0 Å². The highest BCUT2D eigenvalue weighted by Crippen LogP contribution is 2.53. The fraction of sp³-hybridized carbons (Fsp3) is 0.360. The average molecular weight is 528 g/mol. The number of rotatable bonds is 10. The molecule has 0 aromatic heterocycles. The number of β-lactam (4-membered cyclic amide) rings is 1. The first-order valence-corrected chi connectivity index (χ1v) is 12.3. The summed E-state index contributed by atoms with van der Waals surface area (Å²) in [6.45, 7) is 2.18. The van der Waals surface area contributed by atoms with Gasteiger partial charge in [-0.1, -0.05) is 48.5 Å². The van der Waals surface area contributed by atoms with Crippen molar-refractivity contribution in [1.82, 2.24) is 9.91 Å². The van der Waals surface area contributed by atoms with Crippen molar-refractivity contribution in [3.8, 4) is 5.75 Å². The lowest BCUT2D eigenvalue weighted by molar-refractivity contribution is -0.172. The molecular formula is C25H25N3O8S. The highest BCUT2D eigenvalue weighted by molar-refractivity contribution is 8.01. The Balaban J connectivity index is 1.50. The van der Waals surface area contributed by atoms with E-state index in [1.165, 1.54) is 11.8 Å². The number of thioether (sulfide) groups is 1. The van der Waals surface area contributed by atoms with Gasteiger partial charge < -0.3 is 19.1 Å². The van der Waals surface area contributed by atoms with E-state index in [2.05, 4.69) is 5.29 Å². The second-order valence-electron chi connectivity index (χ2n) is 8.71. The molecule has 2 amide bonds. The number of fused-ring (bicyclic) bond motifs is 1. The molecule has 0 saturated carbocycles. The highest BCUT2D eigenvalue weighted by Gasteiger charge is 2.68. The monoisotopic (exact) mass is 527 g/mol. The van der Waals surface area contributed by atoms with Crippen molar-refractivity contribution in [2.24, 2.45) is 5.29 Å². The molecule has 4 atom stereocenters. The minimum absolute atomic E-state index is 0.0159. The molecule has 2 fully saturated rings. The van der Waals surface area contributed by atoms with E-state index in [1.54, 1.807) is 61.5 Å². The lowest BCUT2D eigenvalue weighted by Crippen LogP contribution is -2.71. The Kier molecular flexibility index (Phi) is 7.77. The van der Waals surface area contributed by atoms with Gasteiger partial charge in [0.1, 0.15) is 30.4 Å². The maximum absolute atomic E-state index is 13.2. The van der Waals surface area contributed by atoms with Crippen LogP contribution < -0.4 is 4.74 Å². The Morgan fingerprint density at radius 1 is 1.05 bits per heavy atom. The number of nitroso groups, excluding NO2 is 1. The van der Waals surface area contributed by atoms with Gasteiger partial charge in [0.25, 0.3) is 11.8 Å². The summed E-state index contributed by atoms with van der Waals surface area (Å²) in [5.41, 5.74) is 0.757. The van der Waals surface area contributed by atoms with Crippen LogP contribution in [-0.2, 0) is 35.3 Å². The third-order valence-electron chi connectivity index (χ3n) is 6.02. The van der Waals surface area contributed by atoms with E-state index in [0.29, 0.717) is 10.8 Å². The number of para-hydroxylation sites is 1. The molecule has 37 heavy (non-hydrogen) atoms. The molecule has 12 heteroatoms. The number of amides is 2. The van der Waals surface area contributed by atoms with Gasteiger partial charge in [-0.3, -0.25) is 14.4 Å². The molecule has 4 unspecified atom stereocenters. The van der Waals surface area contributed by atoms with Crippen LogP contribution in [0, 0.1) is 4.91 Å². The second-order valence-corrected chi connectivity index (χ2v) is 10.4. The summed E-state index contributed by atoms with van der Waals surface area (Å²) < 4.78 is 15.0. The van der Waals surface area contributed by atoms with E-state index in [-0.39, 0.29) is 13.2 Å². The van der Waals surface area contributed by atoms with Crippen molar-refractivity contribution in [1.29, 1.82) is 0 Å². The molecule has 0 bridgehead atoms. The molecule has 194 valence electrons. The first kappa shape index (κ1) is 26.1. The SMILES string of the molecule is CC(=O)OCC1(C)SC2C(N(N=O)C(=O)COc3ccccc3)C(=O)N2C1C(=O)OCc1ccccc1. The zero-order valence-electron chi connectivity index (χ0n) is 20.1. The minimum atomic E-state index is -1.24. The fourth-order valence-corrected chi connectivity index (χ4v) is 5.95. The van der Waals surface area contributed by atoms with Gasteiger partial charge in [-0.15, -0.1) is 16.7 Å². The van der Waals surface area contributed by atoms with Crippen LogP contribution in [0.3, 0.4) is 0 Å². The fourth-order valence-electron chi connectivity index (χ4n) is 4.23. The predicted molar refractivity (Wildman–Crippen MR) is 132 cm³/mol. The lowest BCUT2D eigenvalue weighted by atomic mass is 9.94. The first-order valence-electron chi connectivity index (χ1n) is 11.4. The number of carbonyl (C=O) groups excluding carboxylic acids is 4. The van der Waals surface area contributed by atoms with Crippen LogP contribution in [0.5, 0.6) is 5.75 Å². The van der Waals surface area contributed by atoms with E-state index >= 15 is 0 Å². The van der Waals surface area contributed by atoms with Crippen molar-refractivity contribution in [3.63, 3.8) is 0 Å². The number of nitrogens with zero attached hydrogens (tertiary/aromatic N) is 3. The molecule has 4 rings (SSSR count). The van der Waals surface area contributed by atoms with Crippen LogP contribution in [-0.4, -0.2) is 69.1 Å². The maximum Gasteiger partial charge on any atom is 0.330 e. The van der Waals surface area contributed by atoms with E-state index in [9.17, 15) is 24.1 Å². The van der Waals surface area contributed by atoms with Crippen LogP contribution in [0.25, 0.3) is 0 Å². The van der Waals surface area contributed by atoms with Gasteiger partial charge in [-0.2, -0.15) is 5.01 Å². The molecule has 2 aromatic rings. The zero-order valence-corrected chi connectivity index (χ0v) is 21.0. The molecule has 11 nitrogen and oxygen atoms in total. The van der Waals surface area contributed by atoms with E-state index in [4.69, 9.17) is 14.2 Å². The Labute approximate surface area is 217 Å². The van der Waals surface area contributed by atoms with Crippen LogP contribution in [0.4, 0.5) is 0 Å². The van der Waals surface area contributed by atoms with Crippen molar-refractivity contribution in [2.45, 2.75) is 42.7 Å². The van der Waals surface area contributed by atoms with E-state index in [1.807, 2.05) is 6.07 Å². The topological polar surface area (TPSA) is 132 Å². The predicted octanol–water partition coefficient (Wildman–Crippen LogP) is 2.29. The number of hydrogen-bond acceptors (Lipinski definition) is 10. The normalized spacial score (nSPS) is 23.9. The number of ether oxygens (including phenoxy) is 3. The summed E-state index contributed by atoms with van der Waals surface area (Å²) in [5.74, 6) is -2.29. The van der Waals surface area contributed by atoms with Gasteiger partial charge in [0, 0.05) is 6.92 Å². The van der Waals surface area contributed by atoms with Crippen LogP contribution in [0.15, 0.2) is 65.9 Å². The quantitative estimate of drug-likeness (QED) is 0.198. The average Bonchev–Trinajstić information content (AvgIpc) is 3.18. The molecule has 0 spiro atoms. The Hall–Kier alpha value is -3.93.